The lowest BCUT2D eigenvalue weighted by Crippen LogP contribution is -2.59. The zero-order valence-corrected chi connectivity index (χ0v) is 13.4. The monoisotopic (exact) mass is 312 g/mol. The first-order valence-corrected chi connectivity index (χ1v) is 7.68. The highest BCUT2D eigenvalue weighted by Crippen LogP contribution is 2.22. The van der Waals surface area contributed by atoms with E-state index in [1.54, 1.807) is 26.2 Å². The molecule has 2 amide bonds. The number of aromatic nitrogens is 2. The Labute approximate surface area is 127 Å². The van der Waals surface area contributed by atoms with Gasteiger partial charge in [-0.25, -0.2) is 4.79 Å². The SMILES string of the molecule is C[C@@H](NC(=O)[C@H]1CCN1C(=O)OC(C)(C)C)c1csnn1. The van der Waals surface area contributed by atoms with E-state index in [4.69, 9.17) is 4.74 Å². The van der Waals surface area contributed by atoms with Crippen LogP contribution in [0, 0.1) is 0 Å². The molecule has 7 nitrogen and oxygen atoms in total. The van der Waals surface area contributed by atoms with Gasteiger partial charge in [-0.2, -0.15) is 0 Å². The summed E-state index contributed by atoms with van der Waals surface area (Å²) in [5.74, 6) is -0.187. The molecule has 2 atom stereocenters. The molecule has 0 saturated carbocycles. The van der Waals surface area contributed by atoms with Gasteiger partial charge in [-0.3, -0.25) is 9.69 Å². The Morgan fingerprint density at radius 2 is 2.24 bits per heavy atom. The molecule has 1 aromatic rings. The molecular weight excluding hydrogens is 292 g/mol. The molecule has 1 fully saturated rings. The number of hydrogen-bond acceptors (Lipinski definition) is 6. The summed E-state index contributed by atoms with van der Waals surface area (Å²) in [5.41, 5.74) is 0.157. The molecule has 8 heteroatoms. The van der Waals surface area contributed by atoms with Crippen molar-refractivity contribution in [1.82, 2.24) is 19.8 Å². The summed E-state index contributed by atoms with van der Waals surface area (Å²) >= 11 is 1.24. The molecule has 116 valence electrons. The fraction of sp³-hybridized carbons (Fsp3) is 0.692. The van der Waals surface area contributed by atoms with Gasteiger partial charge in [-0.1, -0.05) is 4.49 Å². The summed E-state index contributed by atoms with van der Waals surface area (Å²) in [6.45, 7) is 7.79. The molecule has 1 aliphatic heterocycles. The van der Waals surface area contributed by atoms with Crippen molar-refractivity contribution < 1.29 is 14.3 Å². The van der Waals surface area contributed by atoms with Crippen molar-refractivity contribution in [3.63, 3.8) is 0 Å². The zero-order chi connectivity index (χ0) is 15.6. The van der Waals surface area contributed by atoms with Gasteiger partial charge in [-0.15, -0.1) is 5.10 Å². The molecule has 0 spiro atoms. The third kappa shape index (κ3) is 3.90. The van der Waals surface area contributed by atoms with E-state index in [9.17, 15) is 9.59 Å². The van der Waals surface area contributed by atoms with Crippen molar-refractivity contribution >= 4 is 23.5 Å². The number of ether oxygens (including phenoxy) is 1. The molecular formula is C13H20N4O3S. The van der Waals surface area contributed by atoms with Gasteiger partial charge in [0.05, 0.1) is 11.7 Å². The number of nitrogens with zero attached hydrogens (tertiary/aromatic N) is 3. The van der Waals surface area contributed by atoms with E-state index in [0.29, 0.717) is 13.0 Å². The van der Waals surface area contributed by atoms with Crippen LogP contribution in [0.4, 0.5) is 4.79 Å². The zero-order valence-electron chi connectivity index (χ0n) is 12.6. The smallest absolute Gasteiger partial charge is 0.410 e. The Kier molecular flexibility index (Phi) is 4.46. The van der Waals surface area contributed by atoms with Gasteiger partial charge in [0.1, 0.15) is 11.6 Å². The van der Waals surface area contributed by atoms with Crippen LogP contribution >= 0.6 is 11.5 Å². The summed E-state index contributed by atoms with van der Waals surface area (Å²) in [5, 5.41) is 8.56. The maximum Gasteiger partial charge on any atom is 0.410 e. The minimum absolute atomic E-state index is 0.187. The van der Waals surface area contributed by atoms with Crippen molar-refractivity contribution in [2.24, 2.45) is 0 Å². The van der Waals surface area contributed by atoms with Crippen LogP contribution in [0.25, 0.3) is 0 Å². The van der Waals surface area contributed by atoms with Gasteiger partial charge >= 0.3 is 6.09 Å². The van der Waals surface area contributed by atoms with Gasteiger partial charge in [0.2, 0.25) is 5.91 Å². The maximum atomic E-state index is 12.2. The Morgan fingerprint density at radius 1 is 1.52 bits per heavy atom. The molecule has 21 heavy (non-hydrogen) atoms. The average molecular weight is 312 g/mol. The highest BCUT2D eigenvalue weighted by Gasteiger charge is 2.40. The Bertz CT molecular complexity index is 512. The summed E-state index contributed by atoms with van der Waals surface area (Å²) < 4.78 is 9.05. The van der Waals surface area contributed by atoms with Crippen molar-refractivity contribution in [1.29, 1.82) is 0 Å². The number of likely N-dealkylation sites (tertiary alicyclic amines) is 1. The largest absolute Gasteiger partial charge is 0.444 e. The summed E-state index contributed by atoms with van der Waals surface area (Å²) in [6, 6.07) is -0.689. The number of rotatable bonds is 3. The minimum atomic E-state index is -0.562. The highest BCUT2D eigenvalue weighted by molar-refractivity contribution is 7.03. The van der Waals surface area contributed by atoms with E-state index in [1.807, 2.05) is 6.92 Å². The van der Waals surface area contributed by atoms with Crippen molar-refractivity contribution in [3.8, 4) is 0 Å². The number of nitrogens with one attached hydrogen (secondary N) is 1. The summed E-state index contributed by atoms with van der Waals surface area (Å²) in [4.78, 5) is 25.6. The fourth-order valence-electron chi connectivity index (χ4n) is 1.94. The van der Waals surface area contributed by atoms with E-state index in [2.05, 4.69) is 14.9 Å². The van der Waals surface area contributed by atoms with E-state index in [-0.39, 0.29) is 11.9 Å². The van der Waals surface area contributed by atoms with Crippen LogP contribution in [0.3, 0.4) is 0 Å². The van der Waals surface area contributed by atoms with Gasteiger partial charge in [0.25, 0.3) is 0 Å². The third-order valence-electron chi connectivity index (χ3n) is 3.13. The topological polar surface area (TPSA) is 84.4 Å². The average Bonchev–Trinajstić information content (AvgIpc) is 2.76. The van der Waals surface area contributed by atoms with Gasteiger partial charge < -0.3 is 10.1 Å². The van der Waals surface area contributed by atoms with Crippen molar-refractivity contribution in [3.05, 3.63) is 11.1 Å². The van der Waals surface area contributed by atoms with Crippen LogP contribution in [-0.4, -0.2) is 44.7 Å². The number of carbonyl (C=O) groups excluding carboxylic acids is 2. The van der Waals surface area contributed by atoms with Crippen LogP contribution < -0.4 is 5.32 Å². The second kappa shape index (κ2) is 5.97. The highest BCUT2D eigenvalue weighted by atomic mass is 32.1. The summed E-state index contributed by atoms with van der Waals surface area (Å²) in [6.07, 6.45) is 0.199. The Hall–Kier alpha value is -1.70. The Balaban J connectivity index is 1.90. The minimum Gasteiger partial charge on any atom is -0.444 e. The van der Waals surface area contributed by atoms with Crippen LogP contribution in [0.5, 0.6) is 0 Å². The lowest BCUT2D eigenvalue weighted by atomic mass is 10.0. The second-order valence-electron chi connectivity index (χ2n) is 6.04. The predicted octanol–water partition coefficient (Wildman–Crippen LogP) is 1.72. The van der Waals surface area contributed by atoms with Gasteiger partial charge in [0.15, 0.2) is 0 Å². The summed E-state index contributed by atoms with van der Waals surface area (Å²) in [7, 11) is 0. The molecule has 0 bridgehead atoms. The molecule has 2 heterocycles. The van der Waals surface area contributed by atoms with Crippen molar-refractivity contribution in [2.75, 3.05) is 6.54 Å². The lowest BCUT2D eigenvalue weighted by Gasteiger charge is -2.40. The van der Waals surface area contributed by atoms with E-state index in [1.165, 1.54) is 16.4 Å². The molecule has 1 saturated heterocycles. The first kappa shape index (κ1) is 15.7. The molecule has 0 aromatic carbocycles. The lowest BCUT2D eigenvalue weighted by molar-refractivity contribution is -0.131. The van der Waals surface area contributed by atoms with Crippen LogP contribution in [-0.2, 0) is 9.53 Å². The molecule has 1 aliphatic rings. The number of amides is 2. The maximum absolute atomic E-state index is 12.2. The van der Waals surface area contributed by atoms with Crippen LogP contribution in [0.15, 0.2) is 5.38 Å². The predicted molar refractivity (Wildman–Crippen MR) is 77.8 cm³/mol. The van der Waals surface area contributed by atoms with Crippen LogP contribution in [0.2, 0.25) is 0 Å². The number of hydrogen-bond donors (Lipinski definition) is 1. The molecule has 0 radical (unpaired) electrons. The van der Waals surface area contributed by atoms with Gasteiger partial charge in [0, 0.05) is 11.9 Å². The molecule has 2 rings (SSSR count). The van der Waals surface area contributed by atoms with E-state index < -0.39 is 17.7 Å². The molecule has 1 aromatic heterocycles. The second-order valence-corrected chi connectivity index (χ2v) is 6.65. The number of carbonyl (C=O) groups is 2. The van der Waals surface area contributed by atoms with E-state index in [0.717, 1.165) is 5.69 Å². The van der Waals surface area contributed by atoms with Crippen molar-refractivity contribution in [2.45, 2.75) is 51.8 Å². The molecule has 0 unspecified atom stereocenters. The normalized spacial score (nSPS) is 19.6. The fourth-order valence-corrected chi connectivity index (χ4v) is 2.49. The quantitative estimate of drug-likeness (QED) is 0.918. The van der Waals surface area contributed by atoms with Gasteiger partial charge in [-0.05, 0) is 45.6 Å². The van der Waals surface area contributed by atoms with E-state index >= 15 is 0 Å². The first-order chi connectivity index (χ1) is 9.78. The van der Waals surface area contributed by atoms with Crippen LogP contribution in [0.1, 0.15) is 45.9 Å². The third-order valence-corrected chi connectivity index (χ3v) is 3.65. The Morgan fingerprint density at radius 3 is 2.71 bits per heavy atom. The molecule has 0 aliphatic carbocycles. The first-order valence-electron chi connectivity index (χ1n) is 6.85. The molecule has 1 N–H and O–H groups in total. The standard InChI is InChI=1S/C13H20N4O3S/c1-8(9-7-21-16-15-9)14-11(18)10-5-6-17(10)12(19)20-13(2,3)4/h7-8,10H,5-6H2,1-4H3,(H,14,18)/t8-,10-/m1/s1.